The van der Waals surface area contributed by atoms with Crippen LogP contribution in [0.3, 0.4) is 0 Å². The molecule has 0 radical (unpaired) electrons. The molecule has 0 unspecified atom stereocenters. The fraction of sp³-hybridized carbons (Fsp3) is 0.321. The Labute approximate surface area is 321 Å². The van der Waals surface area contributed by atoms with E-state index < -0.39 is 0 Å². The fourth-order valence-corrected chi connectivity index (χ4v) is 8.40. The summed E-state index contributed by atoms with van der Waals surface area (Å²) in [5, 5.41) is 0. The van der Waals surface area contributed by atoms with Crippen LogP contribution in [0, 0.1) is 0 Å². The zero-order chi connectivity index (χ0) is 37.7. The third kappa shape index (κ3) is 8.13. The molecule has 0 aromatic heterocycles. The lowest BCUT2D eigenvalue weighted by molar-refractivity contribution is 0.597. The topological polar surface area (TPSA) is 0 Å². The van der Waals surface area contributed by atoms with Gasteiger partial charge in [-0.15, -0.1) is 0 Å². The molecule has 0 nitrogen and oxygen atoms in total. The molecule has 6 aromatic rings. The Morgan fingerprint density at radius 1 is 0.283 bits per heavy atom. The van der Waals surface area contributed by atoms with Crippen LogP contribution in [-0.2, 0) is 34.5 Å². The van der Waals surface area contributed by atoms with Crippen molar-refractivity contribution in [3.63, 3.8) is 0 Å². The highest BCUT2D eigenvalue weighted by atomic mass is 14.3. The molecule has 272 valence electrons. The van der Waals surface area contributed by atoms with Crippen LogP contribution < -0.4 is 0 Å². The second-order valence-electron chi connectivity index (χ2n) is 17.3. The lowest BCUT2D eigenvalue weighted by atomic mass is 9.71. The molecule has 0 aliphatic heterocycles. The van der Waals surface area contributed by atoms with Gasteiger partial charge in [0, 0.05) is 21.7 Å². The summed E-state index contributed by atoms with van der Waals surface area (Å²) in [5.74, 6) is 0. The van der Waals surface area contributed by atoms with E-state index in [2.05, 4.69) is 213 Å². The second-order valence-corrected chi connectivity index (χ2v) is 17.3. The molecule has 0 aliphatic rings. The minimum atomic E-state index is -0.105. The quantitative estimate of drug-likeness (QED) is 0.0995. The highest BCUT2D eigenvalue weighted by molar-refractivity contribution is 5.50. The van der Waals surface area contributed by atoms with Gasteiger partial charge in [0.2, 0.25) is 0 Å². The summed E-state index contributed by atoms with van der Waals surface area (Å²) in [4.78, 5) is 0. The molecule has 0 bridgehead atoms. The van der Waals surface area contributed by atoms with Crippen LogP contribution in [0.5, 0.6) is 0 Å². The van der Waals surface area contributed by atoms with Crippen molar-refractivity contribution in [3.8, 4) is 0 Å². The van der Waals surface area contributed by atoms with Gasteiger partial charge in [0.05, 0.1) is 0 Å². The van der Waals surface area contributed by atoms with Crippen molar-refractivity contribution in [2.24, 2.45) is 0 Å². The van der Waals surface area contributed by atoms with E-state index in [-0.39, 0.29) is 21.7 Å². The molecule has 6 rings (SSSR count). The molecule has 0 saturated carbocycles. The van der Waals surface area contributed by atoms with Crippen LogP contribution in [0.2, 0.25) is 0 Å². The number of rotatable bonds is 14. The minimum Gasteiger partial charge on any atom is -0.0622 e. The van der Waals surface area contributed by atoms with E-state index in [0.717, 1.165) is 12.8 Å². The van der Waals surface area contributed by atoms with Gasteiger partial charge >= 0.3 is 0 Å². The van der Waals surface area contributed by atoms with Gasteiger partial charge in [0.1, 0.15) is 0 Å². The molecule has 0 spiro atoms. The molecule has 0 saturated heterocycles. The molecule has 0 heteroatoms. The Morgan fingerprint density at radius 2 is 0.566 bits per heavy atom. The van der Waals surface area contributed by atoms with Gasteiger partial charge in [0.15, 0.2) is 0 Å². The summed E-state index contributed by atoms with van der Waals surface area (Å²) >= 11 is 0. The standard InChI is InChI=1S/C53H60/c1-50(2,42-26-16-10-17-27-42)46-36-34-40(48(38-46)52(5,6)44-30-20-12-21-31-44)24-14-9-15-25-41-35-37-47(51(3,4)43-28-18-11-19-29-43)39-49(41)53(7,8)45-32-22-13-23-33-45/h10-13,16-23,26-39H,9,14-15,24-25H2,1-8H3. The highest BCUT2D eigenvalue weighted by Crippen LogP contribution is 2.41. The minimum absolute atomic E-state index is 0.0849. The Morgan fingerprint density at radius 3 is 0.868 bits per heavy atom. The third-order valence-electron chi connectivity index (χ3n) is 12.4. The number of benzene rings is 6. The molecule has 53 heavy (non-hydrogen) atoms. The maximum absolute atomic E-state index is 2.52. The van der Waals surface area contributed by atoms with Crippen LogP contribution in [0.4, 0.5) is 0 Å². The Balaban J connectivity index is 1.24. The van der Waals surface area contributed by atoms with Crippen LogP contribution in [-0.4, -0.2) is 0 Å². The largest absolute Gasteiger partial charge is 0.0622 e. The predicted octanol–water partition coefficient (Wildman–Crippen LogP) is 13.9. The zero-order valence-corrected chi connectivity index (χ0v) is 33.5. The number of hydrogen-bond donors (Lipinski definition) is 0. The first kappa shape index (κ1) is 38.1. The first-order chi connectivity index (χ1) is 25.3. The monoisotopic (exact) mass is 696 g/mol. The van der Waals surface area contributed by atoms with Crippen molar-refractivity contribution in [1.29, 1.82) is 0 Å². The first-order valence-electron chi connectivity index (χ1n) is 19.8. The maximum atomic E-state index is 2.52. The van der Waals surface area contributed by atoms with E-state index in [0.29, 0.717) is 0 Å². The number of hydrogen-bond acceptors (Lipinski definition) is 0. The normalized spacial score (nSPS) is 12.5. The molecule has 0 aliphatic carbocycles. The van der Waals surface area contributed by atoms with Crippen LogP contribution >= 0.6 is 0 Å². The van der Waals surface area contributed by atoms with Crippen molar-refractivity contribution < 1.29 is 0 Å². The summed E-state index contributed by atoms with van der Waals surface area (Å²) in [6, 6.07) is 58.7. The molecule has 0 N–H and O–H groups in total. The fourth-order valence-electron chi connectivity index (χ4n) is 8.40. The highest BCUT2D eigenvalue weighted by Gasteiger charge is 2.31. The Kier molecular flexibility index (Phi) is 11.3. The van der Waals surface area contributed by atoms with Crippen LogP contribution in [0.1, 0.15) is 130 Å². The van der Waals surface area contributed by atoms with Gasteiger partial charge in [-0.05, 0) is 81.3 Å². The zero-order valence-electron chi connectivity index (χ0n) is 33.5. The maximum Gasteiger partial charge on any atom is 0.0149 e. The van der Waals surface area contributed by atoms with Crippen LogP contribution in [0.15, 0.2) is 158 Å². The van der Waals surface area contributed by atoms with Gasteiger partial charge in [-0.1, -0.05) is 220 Å². The summed E-state index contributed by atoms with van der Waals surface area (Å²) in [7, 11) is 0. The molecule has 0 atom stereocenters. The van der Waals surface area contributed by atoms with Crippen molar-refractivity contribution in [3.05, 3.63) is 213 Å². The van der Waals surface area contributed by atoms with Crippen molar-refractivity contribution in [2.45, 2.75) is 109 Å². The molecular formula is C53H60. The van der Waals surface area contributed by atoms with Crippen LogP contribution in [0.25, 0.3) is 0 Å². The summed E-state index contributed by atoms with van der Waals surface area (Å²) in [6.07, 6.45) is 5.73. The average Bonchev–Trinajstić information content (AvgIpc) is 3.19. The van der Waals surface area contributed by atoms with E-state index in [1.165, 1.54) is 74.9 Å². The van der Waals surface area contributed by atoms with Gasteiger partial charge in [-0.3, -0.25) is 0 Å². The Bertz CT molecular complexity index is 1910. The first-order valence-corrected chi connectivity index (χ1v) is 19.8. The number of aryl methyl sites for hydroxylation is 2. The summed E-state index contributed by atoms with van der Waals surface area (Å²) in [6.45, 7) is 19.0. The van der Waals surface area contributed by atoms with Crippen molar-refractivity contribution in [1.82, 2.24) is 0 Å². The second kappa shape index (κ2) is 15.7. The van der Waals surface area contributed by atoms with E-state index in [1.54, 1.807) is 0 Å². The van der Waals surface area contributed by atoms with Crippen molar-refractivity contribution in [2.75, 3.05) is 0 Å². The summed E-state index contributed by atoms with van der Waals surface area (Å²) < 4.78 is 0. The lowest BCUT2D eigenvalue weighted by Gasteiger charge is -2.33. The molecule has 0 amide bonds. The smallest absolute Gasteiger partial charge is 0.0149 e. The Hall–Kier alpha value is -4.68. The molecule has 0 fully saturated rings. The molecule has 6 aromatic carbocycles. The van der Waals surface area contributed by atoms with Gasteiger partial charge < -0.3 is 0 Å². The predicted molar refractivity (Wildman–Crippen MR) is 228 cm³/mol. The molecule has 0 heterocycles. The third-order valence-corrected chi connectivity index (χ3v) is 12.4. The average molecular weight is 697 g/mol. The van der Waals surface area contributed by atoms with Gasteiger partial charge in [0.25, 0.3) is 0 Å². The van der Waals surface area contributed by atoms with E-state index >= 15 is 0 Å². The van der Waals surface area contributed by atoms with E-state index in [9.17, 15) is 0 Å². The summed E-state index contributed by atoms with van der Waals surface area (Å²) in [5.41, 5.74) is 13.7. The van der Waals surface area contributed by atoms with Crippen molar-refractivity contribution >= 4 is 0 Å². The van der Waals surface area contributed by atoms with E-state index in [1.807, 2.05) is 0 Å². The van der Waals surface area contributed by atoms with Gasteiger partial charge in [-0.2, -0.15) is 0 Å². The van der Waals surface area contributed by atoms with E-state index in [4.69, 9.17) is 0 Å². The number of unbranched alkanes of at least 4 members (excludes halogenated alkanes) is 2. The van der Waals surface area contributed by atoms with Gasteiger partial charge in [-0.25, -0.2) is 0 Å². The molecular weight excluding hydrogens is 637 g/mol. The SMILES string of the molecule is CC(C)(c1ccccc1)c1ccc(CCCCCc2ccc(C(C)(C)c3ccccc3)cc2C(C)(C)c2ccccc2)c(C(C)(C)c2ccccc2)c1. The lowest BCUT2D eigenvalue weighted by Crippen LogP contribution is -2.24.